The van der Waals surface area contributed by atoms with E-state index in [0.717, 1.165) is 21.3 Å². The van der Waals surface area contributed by atoms with Gasteiger partial charge in [0.1, 0.15) is 11.5 Å². The van der Waals surface area contributed by atoms with E-state index < -0.39 is 0 Å². The van der Waals surface area contributed by atoms with Gasteiger partial charge in [0.05, 0.1) is 15.6 Å². The molecule has 1 N–H and O–H groups in total. The van der Waals surface area contributed by atoms with Crippen molar-refractivity contribution in [3.05, 3.63) is 91.0 Å². The summed E-state index contributed by atoms with van der Waals surface area (Å²) in [4.78, 5) is 18.1. The van der Waals surface area contributed by atoms with Gasteiger partial charge in [-0.2, -0.15) is 0 Å². The van der Waals surface area contributed by atoms with E-state index in [1.54, 1.807) is 37.4 Å². The van der Waals surface area contributed by atoms with Crippen molar-refractivity contribution in [2.24, 2.45) is 0 Å². The van der Waals surface area contributed by atoms with E-state index in [0.29, 0.717) is 32.3 Å². The molecule has 0 saturated carbocycles. The lowest BCUT2D eigenvalue weighted by Gasteiger charge is -2.00. The summed E-state index contributed by atoms with van der Waals surface area (Å²) < 4.78 is 6.81. The number of halogens is 3. The molecule has 1 amide bonds. The van der Waals surface area contributed by atoms with Gasteiger partial charge in [0, 0.05) is 27.5 Å². The molecule has 0 atom stereocenters. The lowest BCUT2D eigenvalue weighted by Crippen LogP contribution is -2.11. The Labute approximate surface area is 196 Å². The highest BCUT2D eigenvalue weighted by atomic mass is 79.9. The molecule has 30 heavy (non-hydrogen) atoms. The van der Waals surface area contributed by atoms with Crippen LogP contribution in [0.25, 0.3) is 11.3 Å². The summed E-state index contributed by atoms with van der Waals surface area (Å²) >= 11 is 16.9. The maximum absolute atomic E-state index is 12.7. The normalized spacial score (nSPS) is 10.9. The SMILES string of the molecule is Cc1oc(-c2ccc(Cl)c(Cl)c2)cc1C(=O)Nc1ncc(Cc2ccc(Br)cc2)s1. The highest BCUT2D eigenvalue weighted by Crippen LogP contribution is 2.31. The molecular weight excluding hydrogens is 507 g/mol. The van der Waals surface area contributed by atoms with Crippen LogP contribution in [0.2, 0.25) is 10.0 Å². The Balaban J connectivity index is 1.48. The Morgan fingerprint density at radius 1 is 1.13 bits per heavy atom. The second kappa shape index (κ2) is 8.94. The van der Waals surface area contributed by atoms with Crippen LogP contribution < -0.4 is 5.32 Å². The van der Waals surface area contributed by atoms with E-state index in [-0.39, 0.29) is 5.91 Å². The predicted octanol–water partition coefficient (Wildman–Crippen LogP) is 7.62. The molecule has 8 heteroatoms. The number of furan rings is 1. The third-order valence-corrected chi connectivity index (χ3v) is 6.61. The summed E-state index contributed by atoms with van der Waals surface area (Å²) in [5.74, 6) is 0.790. The van der Waals surface area contributed by atoms with Crippen molar-refractivity contribution in [3.63, 3.8) is 0 Å². The van der Waals surface area contributed by atoms with Gasteiger partial charge in [0.15, 0.2) is 5.13 Å². The molecule has 0 saturated heterocycles. The van der Waals surface area contributed by atoms with Gasteiger partial charge in [-0.05, 0) is 48.9 Å². The van der Waals surface area contributed by atoms with Crippen LogP contribution in [0.3, 0.4) is 0 Å². The van der Waals surface area contributed by atoms with Crippen LogP contribution in [0.4, 0.5) is 5.13 Å². The fraction of sp³-hybridized carbons (Fsp3) is 0.0909. The number of amides is 1. The fourth-order valence-corrected chi connectivity index (χ4v) is 4.32. The number of rotatable bonds is 5. The van der Waals surface area contributed by atoms with Crippen LogP contribution in [0, 0.1) is 6.92 Å². The van der Waals surface area contributed by atoms with Gasteiger partial charge in [-0.25, -0.2) is 4.98 Å². The summed E-state index contributed by atoms with van der Waals surface area (Å²) in [7, 11) is 0. The Hall–Kier alpha value is -2.12. The Kier molecular flexibility index (Phi) is 6.29. The molecule has 2 heterocycles. The molecule has 0 aliphatic rings. The van der Waals surface area contributed by atoms with Crippen LogP contribution in [-0.4, -0.2) is 10.9 Å². The maximum atomic E-state index is 12.7. The second-order valence-electron chi connectivity index (χ2n) is 6.60. The number of nitrogens with one attached hydrogen (secondary N) is 1. The summed E-state index contributed by atoms with van der Waals surface area (Å²) in [6, 6.07) is 15.0. The molecule has 0 spiro atoms. The van der Waals surface area contributed by atoms with Gasteiger partial charge in [-0.1, -0.05) is 51.3 Å². The van der Waals surface area contributed by atoms with Crippen molar-refractivity contribution in [1.82, 2.24) is 4.98 Å². The lowest BCUT2D eigenvalue weighted by molar-refractivity contribution is 0.102. The highest BCUT2D eigenvalue weighted by molar-refractivity contribution is 9.10. The molecule has 0 aliphatic carbocycles. The van der Waals surface area contributed by atoms with Gasteiger partial charge >= 0.3 is 0 Å². The van der Waals surface area contributed by atoms with Crippen molar-refractivity contribution in [2.45, 2.75) is 13.3 Å². The smallest absolute Gasteiger partial charge is 0.261 e. The standard InChI is InChI=1S/C22H15BrCl2N2O2S/c1-12-17(10-20(29-12)14-4-7-18(24)19(25)9-14)21(28)27-22-26-11-16(30-22)8-13-2-5-15(23)6-3-13/h2-7,9-11H,8H2,1H3,(H,26,27,28). The number of aromatic nitrogens is 1. The average molecular weight is 522 g/mol. The largest absolute Gasteiger partial charge is 0.461 e. The summed E-state index contributed by atoms with van der Waals surface area (Å²) in [5.41, 5.74) is 2.37. The van der Waals surface area contributed by atoms with Crippen LogP contribution in [0.1, 0.15) is 26.6 Å². The molecule has 0 radical (unpaired) electrons. The minimum Gasteiger partial charge on any atom is -0.461 e. The first-order valence-electron chi connectivity index (χ1n) is 8.95. The van der Waals surface area contributed by atoms with Gasteiger partial charge in [-0.3, -0.25) is 10.1 Å². The first-order valence-corrected chi connectivity index (χ1v) is 11.3. The zero-order chi connectivity index (χ0) is 21.3. The quantitative estimate of drug-likeness (QED) is 0.293. The molecule has 4 rings (SSSR count). The van der Waals surface area contributed by atoms with Crippen LogP contribution in [0.5, 0.6) is 0 Å². The monoisotopic (exact) mass is 520 g/mol. The van der Waals surface area contributed by atoms with Gasteiger partial charge < -0.3 is 4.42 Å². The van der Waals surface area contributed by atoms with Crippen molar-refractivity contribution in [1.29, 1.82) is 0 Å². The molecule has 2 aromatic carbocycles. The summed E-state index contributed by atoms with van der Waals surface area (Å²) in [5, 5.41) is 4.29. The van der Waals surface area contributed by atoms with E-state index in [2.05, 4.69) is 38.4 Å². The van der Waals surface area contributed by atoms with Crippen LogP contribution in [-0.2, 0) is 6.42 Å². The fourth-order valence-electron chi connectivity index (χ4n) is 2.91. The summed E-state index contributed by atoms with van der Waals surface area (Å²) in [6.07, 6.45) is 2.54. The number of benzene rings is 2. The van der Waals surface area contributed by atoms with Gasteiger partial charge in [-0.15, -0.1) is 11.3 Å². The maximum Gasteiger partial charge on any atom is 0.261 e. The molecule has 0 aliphatic heterocycles. The molecule has 0 fully saturated rings. The molecular formula is C22H15BrCl2N2O2S. The minimum atomic E-state index is -0.271. The van der Waals surface area contributed by atoms with Crippen molar-refractivity contribution < 1.29 is 9.21 Å². The number of hydrogen-bond acceptors (Lipinski definition) is 4. The lowest BCUT2D eigenvalue weighted by atomic mass is 10.1. The van der Waals surface area contributed by atoms with E-state index in [1.807, 2.05) is 12.1 Å². The number of carbonyl (C=O) groups excluding carboxylic acids is 1. The molecule has 4 nitrogen and oxygen atoms in total. The Morgan fingerprint density at radius 3 is 2.63 bits per heavy atom. The van der Waals surface area contributed by atoms with E-state index in [9.17, 15) is 4.79 Å². The summed E-state index contributed by atoms with van der Waals surface area (Å²) in [6.45, 7) is 1.75. The second-order valence-corrected chi connectivity index (χ2v) is 9.44. The number of thiazole rings is 1. The van der Waals surface area contributed by atoms with Gasteiger partial charge in [0.2, 0.25) is 0 Å². The van der Waals surface area contributed by atoms with E-state index in [4.69, 9.17) is 27.6 Å². The molecule has 0 bridgehead atoms. The third-order valence-electron chi connectivity index (χ3n) is 4.43. The van der Waals surface area contributed by atoms with Crippen LogP contribution >= 0.6 is 50.5 Å². The number of hydrogen-bond donors (Lipinski definition) is 1. The third kappa shape index (κ3) is 4.78. The topological polar surface area (TPSA) is 55.1 Å². The van der Waals surface area contributed by atoms with Crippen molar-refractivity contribution in [2.75, 3.05) is 5.32 Å². The average Bonchev–Trinajstić information content (AvgIpc) is 3.32. The van der Waals surface area contributed by atoms with E-state index >= 15 is 0 Å². The highest BCUT2D eigenvalue weighted by Gasteiger charge is 2.18. The number of nitrogens with zero attached hydrogens (tertiary/aromatic N) is 1. The zero-order valence-electron chi connectivity index (χ0n) is 15.7. The van der Waals surface area contributed by atoms with Gasteiger partial charge in [0.25, 0.3) is 5.91 Å². The predicted molar refractivity (Wildman–Crippen MR) is 126 cm³/mol. The zero-order valence-corrected chi connectivity index (χ0v) is 19.6. The molecule has 0 unspecified atom stereocenters. The molecule has 4 aromatic rings. The first kappa shape index (κ1) is 21.1. The molecule has 152 valence electrons. The number of aryl methyl sites for hydroxylation is 1. The number of anilines is 1. The minimum absolute atomic E-state index is 0.271. The van der Waals surface area contributed by atoms with E-state index in [1.165, 1.54) is 16.9 Å². The Bertz CT molecular complexity index is 1220. The van der Waals surface area contributed by atoms with Crippen molar-refractivity contribution >= 4 is 61.5 Å². The number of carbonyl (C=O) groups is 1. The first-order chi connectivity index (χ1) is 14.4. The van der Waals surface area contributed by atoms with Crippen molar-refractivity contribution in [3.8, 4) is 11.3 Å². The Morgan fingerprint density at radius 2 is 1.90 bits per heavy atom. The molecule has 2 aromatic heterocycles. The van der Waals surface area contributed by atoms with Crippen LogP contribution in [0.15, 0.2) is 63.6 Å².